The number of carbonyl (C=O) groups is 1. The fourth-order valence-electron chi connectivity index (χ4n) is 10.7. The van der Waals surface area contributed by atoms with Crippen molar-refractivity contribution in [1.29, 1.82) is 0 Å². The van der Waals surface area contributed by atoms with Crippen molar-refractivity contribution >= 4 is 5.91 Å². The number of carbonyl (C=O) groups excluding carboxylic acids is 1. The summed E-state index contributed by atoms with van der Waals surface area (Å²) in [6, 6.07) is -1.19. The normalized spacial score (nSPS) is 19.7. The number of allylic oxidation sites excluding steroid dienone is 4. The first kappa shape index (κ1) is 72.6. The Kier molecular flexibility index (Phi) is 51.8. The molecule has 1 aliphatic rings. The van der Waals surface area contributed by atoms with Gasteiger partial charge in [0.15, 0.2) is 6.29 Å². The van der Waals surface area contributed by atoms with Gasteiger partial charge in [-0.15, -0.1) is 0 Å². The average molecular weight is 1080 g/mol. The molecule has 9 unspecified atom stereocenters. The minimum absolute atomic E-state index is 0.249. The molecule has 11 heteroatoms. The quantitative estimate of drug-likeness (QED) is 0.0215. The zero-order valence-electron chi connectivity index (χ0n) is 49.5. The first-order chi connectivity index (χ1) is 37.2. The minimum atomic E-state index is -1.67. The lowest BCUT2D eigenvalue weighted by Gasteiger charge is -2.40. The largest absolute Gasteiger partial charge is 0.394 e. The van der Waals surface area contributed by atoms with Crippen molar-refractivity contribution in [1.82, 2.24) is 5.32 Å². The summed E-state index contributed by atoms with van der Waals surface area (Å²) in [5, 5.41) is 76.3. The molecule has 1 saturated heterocycles. The topological polar surface area (TPSA) is 189 Å². The number of hydrogen-bond donors (Lipinski definition) is 8. The Hall–Kier alpha value is -1.41. The molecular formula is C65H125NO10. The van der Waals surface area contributed by atoms with Gasteiger partial charge in [0.2, 0.25) is 5.91 Å². The monoisotopic (exact) mass is 1080 g/mol. The van der Waals surface area contributed by atoms with Gasteiger partial charge in [-0.1, -0.05) is 289 Å². The third kappa shape index (κ3) is 41.6. The molecule has 0 aliphatic carbocycles. The molecule has 1 aliphatic heterocycles. The fraction of sp³-hybridized carbons (Fsp3) is 0.923. The summed E-state index contributed by atoms with van der Waals surface area (Å²) in [4.78, 5) is 13.2. The van der Waals surface area contributed by atoms with E-state index in [0.717, 1.165) is 38.5 Å². The highest BCUT2D eigenvalue weighted by Crippen LogP contribution is 2.24. The van der Waals surface area contributed by atoms with Crippen LogP contribution in [0.4, 0.5) is 0 Å². The molecule has 0 spiro atoms. The molecule has 0 aromatic rings. The van der Waals surface area contributed by atoms with Crippen LogP contribution in [-0.2, 0) is 14.3 Å². The number of ether oxygens (including phenoxy) is 2. The number of hydrogen-bond acceptors (Lipinski definition) is 10. The van der Waals surface area contributed by atoms with E-state index in [4.69, 9.17) is 9.47 Å². The average Bonchev–Trinajstić information content (AvgIpc) is 3.42. The lowest BCUT2D eigenvalue weighted by Crippen LogP contribution is -2.60. The van der Waals surface area contributed by atoms with E-state index in [9.17, 15) is 40.5 Å². The maximum Gasteiger partial charge on any atom is 0.249 e. The van der Waals surface area contributed by atoms with Crippen molar-refractivity contribution in [3.63, 3.8) is 0 Å². The fourth-order valence-corrected chi connectivity index (χ4v) is 10.7. The van der Waals surface area contributed by atoms with Gasteiger partial charge in [0.25, 0.3) is 0 Å². The SMILES string of the molecule is CCCCCCCCCCCCCCCCCCCCCCC/C=C/CC/C=C/CCCC(O)C(O)C(COC1OC(CO)C(O)C(O)C1O)NC(=O)C(O)CCCCCCCCCCCCCCCCCCCCC. The molecule has 450 valence electrons. The Labute approximate surface area is 467 Å². The Morgan fingerprint density at radius 3 is 1.17 bits per heavy atom. The van der Waals surface area contributed by atoms with Gasteiger partial charge < -0.3 is 50.5 Å². The molecule has 76 heavy (non-hydrogen) atoms. The van der Waals surface area contributed by atoms with Crippen LogP contribution in [0.15, 0.2) is 24.3 Å². The number of rotatable bonds is 57. The van der Waals surface area contributed by atoms with Crippen molar-refractivity contribution in [3.05, 3.63) is 24.3 Å². The lowest BCUT2D eigenvalue weighted by molar-refractivity contribution is -0.303. The molecule has 1 rings (SSSR count). The Bertz CT molecular complexity index is 1280. The van der Waals surface area contributed by atoms with Crippen LogP contribution in [0.5, 0.6) is 0 Å². The molecule has 1 fully saturated rings. The summed E-state index contributed by atoms with van der Waals surface area (Å²) in [5.74, 6) is -0.705. The molecule has 0 radical (unpaired) electrons. The predicted octanol–water partition coefficient (Wildman–Crippen LogP) is 14.9. The van der Waals surface area contributed by atoms with Crippen LogP contribution in [0.2, 0.25) is 0 Å². The van der Waals surface area contributed by atoms with Gasteiger partial charge in [0.1, 0.15) is 36.6 Å². The first-order valence-electron chi connectivity index (χ1n) is 32.7. The van der Waals surface area contributed by atoms with E-state index >= 15 is 0 Å². The Morgan fingerprint density at radius 2 is 0.789 bits per heavy atom. The maximum atomic E-state index is 13.2. The number of unbranched alkanes of at least 4 members (excludes halogenated alkanes) is 41. The van der Waals surface area contributed by atoms with E-state index in [1.54, 1.807) is 0 Å². The zero-order chi connectivity index (χ0) is 55.4. The van der Waals surface area contributed by atoms with Gasteiger partial charge in [-0.05, 0) is 51.4 Å². The molecule has 1 heterocycles. The van der Waals surface area contributed by atoms with E-state index in [1.807, 2.05) is 0 Å². The van der Waals surface area contributed by atoms with Crippen LogP contribution in [-0.4, -0.2) is 110 Å². The summed E-state index contributed by atoms with van der Waals surface area (Å²) in [7, 11) is 0. The van der Waals surface area contributed by atoms with E-state index in [-0.39, 0.29) is 12.8 Å². The van der Waals surface area contributed by atoms with E-state index in [2.05, 4.69) is 43.5 Å². The van der Waals surface area contributed by atoms with Crippen molar-refractivity contribution in [3.8, 4) is 0 Å². The van der Waals surface area contributed by atoms with E-state index in [0.29, 0.717) is 19.3 Å². The highest BCUT2D eigenvalue weighted by atomic mass is 16.7. The summed E-state index contributed by atoms with van der Waals surface area (Å²) in [6.45, 7) is 3.48. The third-order valence-electron chi connectivity index (χ3n) is 16.0. The van der Waals surface area contributed by atoms with Crippen molar-refractivity contribution in [2.75, 3.05) is 13.2 Å². The van der Waals surface area contributed by atoms with Crippen LogP contribution < -0.4 is 5.32 Å². The minimum Gasteiger partial charge on any atom is -0.394 e. The molecule has 0 aromatic heterocycles. The van der Waals surface area contributed by atoms with Gasteiger partial charge in [-0.3, -0.25) is 4.79 Å². The van der Waals surface area contributed by atoms with Crippen LogP contribution in [0.25, 0.3) is 0 Å². The third-order valence-corrected chi connectivity index (χ3v) is 16.0. The highest BCUT2D eigenvalue weighted by Gasteiger charge is 2.44. The van der Waals surface area contributed by atoms with Crippen molar-refractivity contribution in [2.24, 2.45) is 0 Å². The van der Waals surface area contributed by atoms with Gasteiger partial charge in [0.05, 0.1) is 25.4 Å². The molecule has 9 atom stereocenters. The molecule has 8 N–H and O–H groups in total. The van der Waals surface area contributed by atoms with Crippen molar-refractivity contribution in [2.45, 2.75) is 371 Å². The number of aliphatic hydroxyl groups excluding tert-OH is 7. The van der Waals surface area contributed by atoms with Crippen molar-refractivity contribution < 1.29 is 50.0 Å². The second-order valence-corrected chi connectivity index (χ2v) is 23.2. The van der Waals surface area contributed by atoms with Gasteiger partial charge in [-0.2, -0.15) is 0 Å². The van der Waals surface area contributed by atoms with Gasteiger partial charge in [-0.25, -0.2) is 0 Å². The van der Waals surface area contributed by atoms with Crippen LogP contribution in [0.1, 0.15) is 316 Å². The van der Waals surface area contributed by atoms with Crippen LogP contribution >= 0.6 is 0 Å². The van der Waals surface area contributed by atoms with Crippen LogP contribution in [0, 0.1) is 0 Å². The van der Waals surface area contributed by atoms with Gasteiger partial charge >= 0.3 is 0 Å². The number of nitrogens with one attached hydrogen (secondary N) is 1. The summed E-state index contributed by atoms with van der Waals surface area (Å²) in [5.41, 5.74) is 0. The Morgan fingerprint density at radius 1 is 0.447 bits per heavy atom. The molecule has 11 nitrogen and oxygen atoms in total. The highest BCUT2D eigenvalue weighted by molar-refractivity contribution is 5.80. The van der Waals surface area contributed by atoms with E-state index < -0.39 is 74.2 Å². The summed E-state index contributed by atoms with van der Waals surface area (Å²) in [6.07, 6.45) is 55.4. The summed E-state index contributed by atoms with van der Waals surface area (Å²) < 4.78 is 11.2. The first-order valence-corrected chi connectivity index (χ1v) is 32.7. The standard InChI is InChI=1S/C65H125NO10/c1-3-5-7-9-11-13-15-17-19-21-23-24-25-26-27-28-29-30-31-32-33-35-36-38-40-42-44-46-48-50-52-57(68)60(70)56(55-75-65-63(73)62(72)61(71)59(54-67)76-65)66-64(74)58(69)53-51-49-47-45-43-41-39-37-34-22-20-18-16-14-12-10-8-6-4-2/h36,38,44,46,56-63,65,67-73H,3-35,37,39-43,45,47-55H2,1-2H3,(H,66,74)/b38-36+,46-44+. The lowest BCUT2D eigenvalue weighted by atomic mass is 9.98. The Balaban J connectivity index is 2.25. The second-order valence-electron chi connectivity index (χ2n) is 23.2. The molecule has 0 aromatic carbocycles. The number of amides is 1. The molecule has 1 amide bonds. The zero-order valence-corrected chi connectivity index (χ0v) is 49.5. The molecule has 0 bridgehead atoms. The smallest absolute Gasteiger partial charge is 0.249 e. The maximum absolute atomic E-state index is 13.2. The van der Waals surface area contributed by atoms with Crippen LogP contribution in [0.3, 0.4) is 0 Å². The second kappa shape index (κ2) is 54.2. The molecular weight excluding hydrogens is 955 g/mol. The summed E-state index contributed by atoms with van der Waals surface area (Å²) >= 11 is 0. The van der Waals surface area contributed by atoms with Gasteiger partial charge in [0, 0.05) is 0 Å². The van der Waals surface area contributed by atoms with E-state index in [1.165, 1.54) is 231 Å². The molecule has 0 saturated carbocycles. The number of aliphatic hydroxyl groups is 7. The predicted molar refractivity (Wildman–Crippen MR) is 316 cm³/mol.